The van der Waals surface area contributed by atoms with Crippen LogP contribution >= 0.6 is 22.9 Å². The van der Waals surface area contributed by atoms with Crippen LogP contribution in [0.5, 0.6) is 0 Å². The maximum Gasteiger partial charge on any atom is 0.240 e. The lowest BCUT2D eigenvalue weighted by Crippen LogP contribution is -2.26. The summed E-state index contributed by atoms with van der Waals surface area (Å²) in [6.07, 6.45) is 1.13. The van der Waals surface area contributed by atoms with Crippen LogP contribution in [0, 0.1) is 5.82 Å². The van der Waals surface area contributed by atoms with Gasteiger partial charge >= 0.3 is 0 Å². The highest BCUT2D eigenvalue weighted by Crippen LogP contribution is 2.25. The van der Waals surface area contributed by atoms with Crippen molar-refractivity contribution in [1.82, 2.24) is 4.72 Å². The van der Waals surface area contributed by atoms with Crippen molar-refractivity contribution in [3.8, 4) is 0 Å². The van der Waals surface area contributed by atoms with Crippen molar-refractivity contribution in [2.24, 2.45) is 0 Å². The number of thiophene rings is 1. The number of aliphatic hydroxyl groups excluding tert-OH is 1. The van der Waals surface area contributed by atoms with Crippen molar-refractivity contribution in [3.05, 3.63) is 51.4 Å². The van der Waals surface area contributed by atoms with Crippen LogP contribution in [-0.2, 0) is 10.0 Å². The van der Waals surface area contributed by atoms with Gasteiger partial charge in [-0.2, -0.15) is 11.3 Å². The highest BCUT2D eigenvalue weighted by Gasteiger charge is 2.17. The van der Waals surface area contributed by atoms with E-state index >= 15 is 0 Å². The molecule has 8 heteroatoms. The fourth-order valence-corrected chi connectivity index (χ4v) is 4.30. The molecule has 2 N–H and O–H groups in total. The first kappa shape index (κ1) is 18.4. The quantitative estimate of drug-likeness (QED) is 0.741. The molecule has 0 radical (unpaired) electrons. The molecule has 126 valence electrons. The Kier molecular flexibility index (Phi) is 6.55. The Hall–Kier alpha value is -0.990. The molecule has 1 aromatic heterocycles. The number of hydrogen-bond acceptors (Lipinski definition) is 4. The lowest BCUT2D eigenvalue weighted by atomic mass is 9.95. The van der Waals surface area contributed by atoms with Gasteiger partial charge in [0.25, 0.3) is 0 Å². The van der Waals surface area contributed by atoms with Crippen LogP contribution in [0.1, 0.15) is 24.3 Å². The zero-order valence-corrected chi connectivity index (χ0v) is 14.6. The van der Waals surface area contributed by atoms with E-state index in [1.54, 1.807) is 11.3 Å². The predicted molar refractivity (Wildman–Crippen MR) is 90.0 cm³/mol. The Balaban J connectivity index is 1.99. The molecule has 0 fully saturated rings. The molecule has 0 spiro atoms. The fourth-order valence-electron chi connectivity index (χ4n) is 2.24. The van der Waals surface area contributed by atoms with Crippen molar-refractivity contribution in [3.63, 3.8) is 0 Å². The van der Waals surface area contributed by atoms with Gasteiger partial charge in [-0.05, 0) is 59.3 Å². The van der Waals surface area contributed by atoms with Crippen molar-refractivity contribution >= 4 is 33.0 Å². The van der Waals surface area contributed by atoms with E-state index in [9.17, 15) is 12.8 Å². The Bertz CT molecular complexity index is 735. The molecule has 0 amide bonds. The van der Waals surface area contributed by atoms with E-state index in [0.29, 0.717) is 12.8 Å². The van der Waals surface area contributed by atoms with Gasteiger partial charge in [0.05, 0.1) is 9.92 Å². The van der Waals surface area contributed by atoms with Gasteiger partial charge in [0, 0.05) is 13.2 Å². The Labute approximate surface area is 144 Å². The summed E-state index contributed by atoms with van der Waals surface area (Å²) < 4.78 is 40.0. The molecule has 0 saturated carbocycles. The monoisotopic (exact) mass is 377 g/mol. The van der Waals surface area contributed by atoms with Gasteiger partial charge in [-0.25, -0.2) is 17.5 Å². The molecular weight excluding hydrogens is 361 g/mol. The van der Waals surface area contributed by atoms with Crippen LogP contribution < -0.4 is 4.72 Å². The number of aliphatic hydroxyl groups is 1. The minimum atomic E-state index is -3.74. The van der Waals surface area contributed by atoms with E-state index in [-0.39, 0.29) is 29.0 Å². The van der Waals surface area contributed by atoms with Gasteiger partial charge in [-0.1, -0.05) is 11.6 Å². The summed E-state index contributed by atoms with van der Waals surface area (Å²) in [5.74, 6) is -0.572. The molecule has 2 rings (SSSR count). The summed E-state index contributed by atoms with van der Waals surface area (Å²) in [5.41, 5.74) is 1.09. The largest absolute Gasteiger partial charge is 0.396 e. The van der Waals surface area contributed by atoms with E-state index in [1.165, 1.54) is 6.07 Å². The van der Waals surface area contributed by atoms with Gasteiger partial charge in [0.2, 0.25) is 10.0 Å². The van der Waals surface area contributed by atoms with Crippen molar-refractivity contribution < 1.29 is 17.9 Å². The number of sulfonamides is 1. The maximum absolute atomic E-state index is 13.1. The predicted octanol–water partition coefficient (Wildman–Crippen LogP) is 3.38. The first-order chi connectivity index (χ1) is 10.9. The molecule has 0 aliphatic heterocycles. The number of benzene rings is 1. The van der Waals surface area contributed by atoms with E-state index in [2.05, 4.69) is 4.72 Å². The molecule has 1 aromatic carbocycles. The molecule has 0 aliphatic rings. The van der Waals surface area contributed by atoms with Crippen molar-refractivity contribution in [2.75, 3.05) is 13.2 Å². The number of nitrogens with one attached hydrogen (secondary N) is 1. The van der Waals surface area contributed by atoms with Crippen molar-refractivity contribution in [2.45, 2.75) is 23.7 Å². The molecular formula is C15H17ClFNO3S2. The summed E-state index contributed by atoms with van der Waals surface area (Å²) in [7, 11) is -3.74. The summed E-state index contributed by atoms with van der Waals surface area (Å²) >= 11 is 7.18. The Morgan fingerprint density at radius 1 is 1.30 bits per heavy atom. The Morgan fingerprint density at radius 2 is 2.09 bits per heavy atom. The zero-order valence-electron chi connectivity index (χ0n) is 12.2. The number of rotatable bonds is 8. The minimum absolute atomic E-state index is 0.0425. The highest BCUT2D eigenvalue weighted by atomic mass is 35.5. The average molecular weight is 378 g/mol. The third-order valence-corrected chi connectivity index (χ3v) is 5.93. The van der Waals surface area contributed by atoms with Gasteiger partial charge < -0.3 is 5.11 Å². The molecule has 1 heterocycles. The van der Waals surface area contributed by atoms with Crippen LogP contribution in [0.15, 0.2) is 39.9 Å². The van der Waals surface area contributed by atoms with Crippen LogP contribution in [0.2, 0.25) is 5.02 Å². The lowest BCUT2D eigenvalue weighted by molar-refractivity contribution is 0.273. The molecule has 4 nitrogen and oxygen atoms in total. The normalized spacial score (nSPS) is 13.2. The van der Waals surface area contributed by atoms with Crippen LogP contribution in [0.25, 0.3) is 0 Å². The highest BCUT2D eigenvalue weighted by molar-refractivity contribution is 7.89. The maximum atomic E-state index is 13.1. The number of hydrogen-bond donors (Lipinski definition) is 2. The molecule has 0 saturated heterocycles. The van der Waals surface area contributed by atoms with Crippen molar-refractivity contribution in [1.29, 1.82) is 0 Å². The molecule has 2 aromatic rings. The first-order valence-electron chi connectivity index (χ1n) is 7.01. The van der Waals surface area contributed by atoms with Gasteiger partial charge in [-0.3, -0.25) is 0 Å². The first-order valence-corrected chi connectivity index (χ1v) is 9.82. The topological polar surface area (TPSA) is 66.4 Å². The zero-order chi connectivity index (χ0) is 16.9. The second-order valence-corrected chi connectivity index (χ2v) is 7.98. The third-order valence-electron chi connectivity index (χ3n) is 3.48. The van der Waals surface area contributed by atoms with Crippen LogP contribution in [0.4, 0.5) is 4.39 Å². The van der Waals surface area contributed by atoms with E-state index < -0.39 is 15.8 Å². The van der Waals surface area contributed by atoms with Gasteiger partial charge in [0.1, 0.15) is 5.82 Å². The average Bonchev–Trinajstić information content (AvgIpc) is 3.03. The van der Waals surface area contributed by atoms with Gasteiger partial charge in [-0.15, -0.1) is 0 Å². The standard InChI is InChI=1S/C15H17ClFNO3S2/c16-14-9-13(1-2-15(14)17)23(20,21)18-6-3-11(4-7-19)12-5-8-22-10-12/h1-2,5,8-11,18-19H,3-4,6-7H2/t11-/m0/s1. The second kappa shape index (κ2) is 8.21. The summed E-state index contributed by atoms with van der Waals surface area (Å²) in [6, 6.07) is 5.26. The molecule has 0 aliphatic carbocycles. The minimum Gasteiger partial charge on any atom is -0.396 e. The fraction of sp³-hybridized carbons (Fsp3) is 0.333. The smallest absolute Gasteiger partial charge is 0.240 e. The number of halogens is 2. The van der Waals surface area contributed by atoms with Crippen LogP contribution in [-0.4, -0.2) is 26.7 Å². The second-order valence-electron chi connectivity index (χ2n) is 5.03. The summed E-state index contributed by atoms with van der Waals surface area (Å²) in [5, 5.41) is 12.9. The summed E-state index contributed by atoms with van der Waals surface area (Å²) in [4.78, 5) is -0.0712. The van der Waals surface area contributed by atoms with E-state index in [1.807, 2.05) is 16.8 Å². The molecule has 0 bridgehead atoms. The SMILES string of the molecule is O=S(=O)(NCC[C@@H](CCO)c1ccsc1)c1ccc(F)c(Cl)c1. The molecule has 1 atom stereocenters. The lowest BCUT2D eigenvalue weighted by Gasteiger charge is -2.15. The van der Waals surface area contributed by atoms with Crippen LogP contribution in [0.3, 0.4) is 0 Å². The van der Waals surface area contributed by atoms with Gasteiger partial charge in [0.15, 0.2) is 0 Å². The summed E-state index contributed by atoms with van der Waals surface area (Å²) in [6.45, 7) is 0.263. The Morgan fingerprint density at radius 3 is 2.70 bits per heavy atom. The third kappa shape index (κ3) is 4.99. The molecule has 23 heavy (non-hydrogen) atoms. The molecule has 0 unspecified atom stereocenters. The van der Waals surface area contributed by atoms with E-state index in [0.717, 1.165) is 17.7 Å². The van der Waals surface area contributed by atoms with E-state index in [4.69, 9.17) is 16.7 Å².